The Kier molecular flexibility index (Phi) is 3.05. The molecule has 3 unspecified atom stereocenters. The molecular formula is C11H17BO3. The first-order valence-electron chi connectivity index (χ1n) is 5.71. The SMILES string of the molecule is [B]CCCC(=O)OC1(C)CC2CCC1O2. The Balaban J connectivity index is 1.86. The van der Waals surface area contributed by atoms with Gasteiger partial charge in [0, 0.05) is 12.8 Å². The van der Waals surface area contributed by atoms with Crippen LogP contribution in [0.15, 0.2) is 0 Å². The normalized spacial score (nSPS) is 38.2. The molecule has 15 heavy (non-hydrogen) atoms. The first-order chi connectivity index (χ1) is 7.14. The molecule has 2 heterocycles. The molecule has 82 valence electrons. The quantitative estimate of drug-likeness (QED) is 0.520. The lowest BCUT2D eigenvalue weighted by Gasteiger charge is -2.30. The first-order valence-corrected chi connectivity index (χ1v) is 5.71. The number of fused-ring (bicyclic) bond motifs is 2. The van der Waals surface area contributed by atoms with E-state index >= 15 is 0 Å². The van der Waals surface area contributed by atoms with Crippen LogP contribution in [0.3, 0.4) is 0 Å². The van der Waals surface area contributed by atoms with Crippen LogP contribution in [0, 0.1) is 0 Å². The van der Waals surface area contributed by atoms with Crippen molar-refractivity contribution in [3.8, 4) is 0 Å². The first kappa shape index (κ1) is 11.0. The fraction of sp³-hybridized carbons (Fsp3) is 0.909. The summed E-state index contributed by atoms with van der Waals surface area (Å²) >= 11 is 0. The highest BCUT2D eigenvalue weighted by Gasteiger charge is 2.51. The van der Waals surface area contributed by atoms with Gasteiger partial charge in [-0.1, -0.05) is 12.7 Å². The minimum absolute atomic E-state index is 0.115. The second-order valence-electron chi connectivity index (χ2n) is 4.71. The number of esters is 1. The third-order valence-corrected chi connectivity index (χ3v) is 3.35. The maximum absolute atomic E-state index is 11.5. The minimum atomic E-state index is -0.380. The molecule has 2 aliphatic heterocycles. The van der Waals surface area contributed by atoms with Gasteiger partial charge in [0.15, 0.2) is 0 Å². The molecule has 3 nitrogen and oxygen atoms in total. The van der Waals surface area contributed by atoms with E-state index in [0.29, 0.717) is 25.3 Å². The Bertz CT molecular complexity index is 256. The van der Waals surface area contributed by atoms with Crippen molar-refractivity contribution in [1.29, 1.82) is 0 Å². The second kappa shape index (κ2) is 4.16. The summed E-state index contributed by atoms with van der Waals surface area (Å²) in [4.78, 5) is 11.5. The summed E-state index contributed by atoms with van der Waals surface area (Å²) in [5, 5.41) is 0. The fourth-order valence-electron chi connectivity index (χ4n) is 2.55. The Morgan fingerprint density at radius 2 is 2.40 bits per heavy atom. The van der Waals surface area contributed by atoms with Crippen molar-refractivity contribution in [2.24, 2.45) is 0 Å². The maximum atomic E-state index is 11.5. The zero-order valence-corrected chi connectivity index (χ0v) is 9.20. The van der Waals surface area contributed by atoms with Gasteiger partial charge in [-0.05, 0) is 19.8 Å². The van der Waals surface area contributed by atoms with Crippen LogP contribution in [0.1, 0.15) is 39.0 Å². The van der Waals surface area contributed by atoms with Gasteiger partial charge in [-0.15, -0.1) is 0 Å². The van der Waals surface area contributed by atoms with Crippen LogP contribution in [-0.2, 0) is 14.3 Å². The zero-order chi connectivity index (χ0) is 10.9. The van der Waals surface area contributed by atoms with Crippen LogP contribution in [0.25, 0.3) is 0 Å². The van der Waals surface area contributed by atoms with E-state index in [9.17, 15) is 4.79 Å². The predicted molar refractivity (Wildman–Crippen MR) is 56.8 cm³/mol. The molecule has 0 amide bonds. The number of hydrogen-bond acceptors (Lipinski definition) is 3. The molecule has 0 aromatic carbocycles. The lowest BCUT2D eigenvalue weighted by atomic mass is 9.86. The van der Waals surface area contributed by atoms with Crippen molar-refractivity contribution in [2.75, 3.05) is 0 Å². The average molecular weight is 208 g/mol. The van der Waals surface area contributed by atoms with Gasteiger partial charge >= 0.3 is 5.97 Å². The van der Waals surface area contributed by atoms with Gasteiger partial charge in [-0.25, -0.2) is 0 Å². The monoisotopic (exact) mass is 208 g/mol. The molecule has 2 rings (SSSR count). The third-order valence-electron chi connectivity index (χ3n) is 3.35. The van der Waals surface area contributed by atoms with Gasteiger partial charge in [-0.2, -0.15) is 0 Å². The largest absolute Gasteiger partial charge is 0.456 e. The summed E-state index contributed by atoms with van der Waals surface area (Å²) in [5.74, 6) is -0.140. The van der Waals surface area contributed by atoms with Crippen LogP contribution >= 0.6 is 0 Å². The van der Waals surface area contributed by atoms with E-state index in [1.807, 2.05) is 6.92 Å². The van der Waals surface area contributed by atoms with Crippen LogP contribution in [0.5, 0.6) is 0 Å². The Morgan fingerprint density at radius 3 is 2.93 bits per heavy atom. The number of carbonyl (C=O) groups excluding carboxylic acids is 1. The third kappa shape index (κ3) is 2.20. The highest BCUT2D eigenvalue weighted by atomic mass is 16.6. The van der Waals surface area contributed by atoms with Crippen molar-refractivity contribution in [1.82, 2.24) is 0 Å². The number of ether oxygens (including phenoxy) is 2. The molecule has 0 aromatic rings. The molecule has 3 atom stereocenters. The average Bonchev–Trinajstić information content (AvgIpc) is 2.73. The number of carbonyl (C=O) groups is 1. The summed E-state index contributed by atoms with van der Waals surface area (Å²) < 4.78 is 11.2. The van der Waals surface area contributed by atoms with E-state index in [-0.39, 0.29) is 17.7 Å². The topological polar surface area (TPSA) is 35.5 Å². The molecule has 0 aliphatic carbocycles. The molecule has 2 bridgehead atoms. The van der Waals surface area contributed by atoms with E-state index in [4.69, 9.17) is 17.3 Å². The van der Waals surface area contributed by atoms with Crippen molar-refractivity contribution in [3.63, 3.8) is 0 Å². The van der Waals surface area contributed by atoms with Crippen LogP contribution in [0.4, 0.5) is 0 Å². The summed E-state index contributed by atoms with van der Waals surface area (Å²) in [6.45, 7) is 1.98. The van der Waals surface area contributed by atoms with Crippen LogP contribution in [-0.4, -0.2) is 31.6 Å². The smallest absolute Gasteiger partial charge is 0.306 e. The summed E-state index contributed by atoms with van der Waals surface area (Å²) in [6, 6.07) is 0. The molecule has 0 aromatic heterocycles. The highest BCUT2D eigenvalue weighted by Crippen LogP contribution is 2.43. The van der Waals surface area contributed by atoms with Gasteiger partial charge in [0.2, 0.25) is 0 Å². The highest BCUT2D eigenvalue weighted by molar-refractivity contribution is 6.08. The summed E-state index contributed by atoms with van der Waals surface area (Å²) in [6.07, 6.45) is 5.06. The van der Waals surface area contributed by atoms with Gasteiger partial charge < -0.3 is 9.47 Å². The van der Waals surface area contributed by atoms with Gasteiger partial charge in [0.25, 0.3) is 0 Å². The van der Waals surface area contributed by atoms with E-state index < -0.39 is 0 Å². The van der Waals surface area contributed by atoms with Crippen molar-refractivity contribution in [2.45, 2.75) is 63.2 Å². The molecule has 4 heteroatoms. The summed E-state index contributed by atoms with van der Waals surface area (Å²) in [7, 11) is 5.35. The van der Waals surface area contributed by atoms with Crippen molar-refractivity contribution in [3.05, 3.63) is 0 Å². The molecule has 0 N–H and O–H groups in total. The molecule has 2 aliphatic rings. The van der Waals surface area contributed by atoms with Gasteiger partial charge in [0.1, 0.15) is 5.60 Å². The fourth-order valence-corrected chi connectivity index (χ4v) is 2.55. The van der Waals surface area contributed by atoms with Gasteiger partial charge in [0.05, 0.1) is 20.1 Å². The molecule has 2 radical (unpaired) electrons. The molecule has 0 saturated carbocycles. The Morgan fingerprint density at radius 1 is 1.60 bits per heavy atom. The standard InChI is InChI=1S/C11H17BO3/c1-11(15-10(13)3-2-6-12)7-8-4-5-9(11)14-8/h8-9H,2-7H2,1H3. The van der Waals surface area contributed by atoms with Crippen molar-refractivity contribution >= 4 is 13.8 Å². The maximum Gasteiger partial charge on any atom is 0.306 e. The van der Waals surface area contributed by atoms with Crippen LogP contribution in [0.2, 0.25) is 6.32 Å². The minimum Gasteiger partial charge on any atom is -0.456 e. The Hall–Kier alpha value is -0.505. The predicted octanol–water partition coefficient (Wildman–Crippen LogP) is 1.61. The van der Waals surface area contributed by atoms with E-state index in [1.165, 1.54) is 0 Å². The van der Waals surface area contributed by atoms with Crippen molar-refractivity contribution < 1.29 is 14.3 Å². The lowest BCUT2D eigenvalue weighted by molar-refractivity contribution is -0.163. The molecular weight excluding hydrogens is 191 g/mol. The number of hydrogen-bond donors (Lipinski definition) is 0. The molecule has 2 fully saturated rings. The van der Waals surface area contributed by atoms with E-state index in [0.717, 1.165) is 19.3 Å². The Labute approximate surface area is 91.9 Å². The van der Waals surface area contributed by atoms with E-state index in [1.54, 1.807) is 0 Å². The second-order valence-corrected chi connectivity index (χ2v) is 4.71. The lowest BCUT2D eigenvalue weighted by Crippen LogP contribution is -2.41. The van der Waals surface area contributed by atoms with E-state index in [2.05, 4.69) is 0 Å². The molecule has 2 saturated heterocycles. The summed E-state index contributed by atoms with van der Waals surface area (Å²) in [5.41, 5.74) is -0.380. The van der Waals surface area contributed by atoms with Crippen LogP contribution < -0.4 is 0 Å². The number of rotatable bonds is 4. The molecule has 0 spiro atoms. The van der Waals surface area contributed by atoms with Gasteiger partial charge in [-0.3, -0.25) is 4.79 Å². The zero-order valence-electron chi connectivity index (χ0n) is 9.20.